The molecule has 0 unspecified atom stereocenters. The van der Waals surface area contributed by atoms with Crippen molar-refractivity contribution < 1.29 is 28.3 Å². The molecule has 1 fully saturated rings. The average Bonchev–Trinajstić information content (AvgIpc) is 3.47. The number of rotatable bonds is 7. The Balaban J connectivity index is 1.56. The van der Waals surface area contributed by atoms with E-state index in [9.17, 15) is 14.4 Å². The lowest BCUT2D eigenvalue weighted by atomic mass is 9.98. The highest BCUT2D eigenvalue weighted by Crippen LogP contribution is 2.36. The molecule has 10 heteroatoms. The summed E-state index contributed by atoms with van der Waals surface area (Å²) >= 11 is 1.17. The fraction of sp³-hybridized carbons (Fsp3) is 0.391. The predicted molar refractivity (Wildman–Crippen MR) is 122 cm³/mol. The maximum Gasteiger partial charge on any atom is 0.350 e. The number of nitrogens with one attached hydrogen (secondary N) is 1. The molecule has 3 aromatic rings. The third-order valence-corrected chi connectivity index (χ3v) is 6.60. The molecule has 0 saturated carbocycles. The monoisotopic (exact) mass is 471 g/mol. The number of esters is 2. The molecule has 0 aliphatic carbocycles. The molecule has 1 aliphatic heterocycles. The fourth-order valence-corrected chi connectivity index (χ4v) is 4.99. The van der Waals surface area contributed by atoms with Crippen LogP contribution in [0.4, 0.5) is 5.69 Å². The fourth-order valence-electron chi connectivity index (χ4n) is 3.93. The van der Waals surface area contributed by atoms with Gasteiger partial charge in [0.1, 0.15) is 16.0 Å². The van der Waals surface area contributed by atoms with Crippen molar-refractivity contribution in [2.24, 2.45) is 5.92 Å². The van der Waals surface area contributed by atoms with E-state index in [0.29, 0.717) is 41.2 Å². The van der Waals surface area contributed by atoms with Gasteiger partial charge in [0, 0.05) is 18.5 Å². The van der Waals surface area contributed by atoms with Gasteiger partial charge in [0.2, 0.25) is 0 Å². The molecule has 9 nitrogen and oxygen atoms in total. The number of amides is 1. The summed E-state index contributed by atoms with van der Waals surface area (Å²) in [7, 11) is 1.30. The van der Waals surface area contributed by atoms with Crippen LogP contribution in [0.2, 0.25) is 0 Å². The topological polar surface area (TPSA) is 111 Å². The highest BCUT2D eigenvalue weighted by molar-refractivity contribution is 7.21. The van der Waals surface area contributed by atoms with E-state index >= 15 is 0 Å². The molecule has 33 heavy (non-hydrogen) atoms. The number of ether oxygens (including phenoxy) is 2. The summed E-state index contributed by atoms with van der Waals surface area (Å²) in [5.74, 6) is -1.21. The Morgan fingerprint density at radius 3 is 2.88 bits per heavy atom. The normalized spacial score (nSPS) is 16.5. The number of anilines is 1. The molecule has 3 aromatic heterocycles. The van der Waals surface area contributed by atoms with Crippen molar-refractivity contribution in [3.63, 3.8) is 0 Å². The highest BCUT2D eigenvalue weighted by Gasteiger charge is 2.27. The summed E-state index contributed by atoms with van der Waals surface area (Å²) in [6, 6.07) is 5.26. The van der Waals surface area contributed by atoms with Gasteiger partial charge in [0.15, 0.2) is 0 Å². The van der Waals surface area contributed by atoms with E-state index in [4.69, 9.17) is 18.9 Å². The number of thiophene rings is 1. The first kappa shape index (κ1) is 22.9. The van der Waals surface area contributed by atoms with Crippen LogP contribution in [0.1, 0.15) is 45.5 Å². The van der Waals surface area contributed by atoms with Gasteiger partial charge in [-0.1, -0.05) is 0 Å². The second kappa shape index (κ2) is 10.1. The molecule has 1 atom stereocenters. The van der Waals surface area contributed by atoms with Crippen molar-refractivity contribution >= 4 is 45.1 Å². The van der Waals surface area contributed by atoms with E-state index in [0.717, 1.165) is 25.1 Å². The number of carbonyl (C=O) groups is 3. The summed E-state index contributed by atoms with van der Waals surface area (Å²) in [6.07, 6.45) is 4.49. The van der Waals surface area contributed by atoms with Gasteiger partial charge in [-0.2, -0.15) is 0 Å². The van der Waals surface area contributed by atoms with Gasteiger partial charge in [-0.3, -0.25) is 14.5 Å². The summed E-state index contributed by atoms with van der Waals surface area (Å²) in [5.41, 5.74) is 1.53. The number of piperidine rings is 1. The number of fused-ring (bicyclic) bond motifs is 1. The molecule has 0 aromatic carbocycles. The lowest BCUT2D eigenvalue weighted by molar-refractivity contribution is -0.150. The van der Waals surface area contributed by atoms with Crippen LogP contribution < -0.4 is 5.32 Å². The number of carbonyl (C=O) groups excluding carboxylic acids is 3. The number of pyridine rings is 1. The van der Waals surface area contributed by atoms with E-state index < -0.39 is 11.9 Å². The largest absolute Gasteiger partial charge is 0.472 e. The smallest absolute Gasteiger partial charge is 0.350 e. The van der Waals surface area contributed by atoms with E-state index in [2.05, 4.69) is 10.2 Å². The zero-order chi connectivity index (χ0) is 23.4. The Labute approximate surface area is 194 Å². The van der Waals surface area contributed by atoms with Crippen LogP contribution >= 0.6 is 11.3 Å². The van der Waals surface area contributed by atoms with E-state index in [-0.39, 0.29) is 16.8 Å². The van der Waals surface area contributed by atoms with Crippen molar-refractivity contribution in [2.45, 2.75) is 26.3 Å². The maximum absolute atomic E-state index is 12.6. The Morgan fingerprint density at radius 2 is 2.15 bits per heavy atom. The molecule has 1 saturated heterocycles. The molecule has 1 N–H and O–H groups in total. The van der Waals surface area contributed by atoms with Crippen molar-refractivity contribution in [1.29, 1.82) is 0 Å². The minimum absolute atomic E-state index is 0.125. The van der Waals surface area contributed by atoms with E-state index in [1.54, 1.807) is 6.07 Å². The van der Waals surface area contributed by atoms with Crippen molar-refractivity contribution in [1.82, 2.24) is 9.88 Å². The Kier molecular flexibility index (Phi) is 7.05. The molecular formula is C23H25N3O6S. The lowest BCUT2D eigenvalue weighted by Crippen LogP contribution is -2.39. The molecule has 174 valence electrons. The summed E-state index contributed by atoms with van der Waals surface area (Å²) in [4.78, 5) is 44.9. The summed E-state index contributed by atoms with van der Waals surface area (Å²) in [6.45, 7) is 4.27. The first-order valence-electron chi connectivity index (χ1n) is 10.7. The van der Waals surface area contributed by atoms with E-state index in [1.807, 2.05) is 19.1 Å². The van der Waals surface area contributed by atoms with Crippen molar-refractivity contribution in [3.05, 3.63) is 46.9 Å². The van der Waals surface area contributed by atoms with Crippen LogP contribution in [0.3, 0.4) is 0 Å². The van der Waals surface area contributed by atoms with Gasteiger partial charge >= 0.3 is 11.9 Å². The zero-order valence-corrected chi connectivity index (χ0v) is 19.3. The van der Waals surface area contributed by atoms with Crippen molar-refractivity contribution in [3.8, 4) is 0 Å². The molecule has 1 aliphatic rings. The molecule has 0 radical (unpaired) electrons. The van der Waals surface area contributed by atoms with Gasteiger partial charge in [-0.05, 0) is 44.5 Å². The zero-order valence-electron chi connectivity index (χ0n) is 18.5. The first-order chi connectivity index (χ1) is 16.0. The van der Waals surface area contributed by atoms with E-state index in [1.165, 1.54) is 31.0 Å². The third-order valence-electron chi connectivity index (χ3n) is 5.52. The molecule has 0 bridgehead atoms. The van der Waals surface area contributed by atoms with Crippen LogP contribution in [0.5, 0.6) is 0 Å². The minimum Gasteiger partial charge on any atom is -0.472 e. The number of furan rings is 1. The maximum atomic E-state index is 12.6. The molecule has 4 rings (SSSR count). The number of methoxy groups -OCH3 is 1. The number of likely N-dealkylation sites (tertiary alicyclic amines) is 1. The summed E-state index contributed by atoms with van der Waals surface area (Å²) < 4.78 is 15.1. The van der Waals surface area contributed by atoms with Crippen LogP contribution in [-0.4, -0.2) is 54.5 Å². The van der Waals surface area contributed by atoms with Crippen LogP contribution in [-0.2, 0) is 20.8 Å². The molecular weight excluding hydrogens is 446 g/mol. The lowest BCUT2D eigenvalue weighted by Gasteiger charge is -2.31. The van der Waals surface area contributed by atoms with Crippen LogP contribution in [0.25, 0.3) is 10.2 Å². The third kappa shape index (κ3) is 5.07. The number of hydrogen-bond donors (Lipinski definition) is 1. The van der Waals surface area contributed by atoms with Gasteiger partial charge in [-0.25, -0.2) is 9.78 Å². The van der Waals surface area contributed by atoms with Crippen molar-refractivity contribution in [2.75, 3.05) is 32.1 Å². The average molecular weight is 472 g/mol. The predicted octanol–water partition coefficient (Wildman–Crippen LogP) is 3.70. The second-order valence-corrected chi connectivity index (χ2v) is 8.74. The highest BCUT2D eigenvalue weighted by atomic mass is 32.1. The number of nitrogens with zero attached hydrogens (tertiary/aromatic N) is 2. The molecule has 4 heterocycles. The summed E-state index contributed by atoms with van der Waals surface area (Å²) in [5, 5.41) is 3.45. The van der Waals surface area contributed by atoms with Crippen LogP contribution in [0.15, 0.2) is 35.1 Å². The Hall–Kier alpha value is -3.24. The van der Waals surface area contributed by atoms with Gasteiger partial charge in [-0.15, -0.1) is 11.3 Å². The van der Waals surface area contributed by atoms with Gasteiger partial charge in [0.25, 0.3) is 5.91 Å². The second-order valence-electron chi connectivity index (χ2n) is 7.75. The molecule has 1 amide bonds. The quantitative estimate of drug-likeness (QED) is 0.519. The molecule has 0 spiro atoms. The van der Waals surface area contributed by atoms with Gasteiger partial charge < -0.3 is 19.2 Å². The number of hydrogen-bond acceptors (Lipinski definition) is 9. The Bertz CT molecular complexity index is 1160. The minimum atomic E-state index is -0.546. The van der Waals surface area contributed by atoms with Gasteiger partial charge in [0.05, 0.1) is 42.8 Å². The Morgan fingerprint density at radius 1 is 1.30 bits per heavy atom. The standard InChI is InChI=1S/C23H25N3O6S/c1-3-32-22(28)14-5-4-9-26(11-14)12-16-6-7-17-18(25-20(27)15-8-10-31-13-15)19(23(29)30-2)33-21(17)24-16/h6-8,10,13-14H,3-5,9,11-12H2,1-2H3,(H,25,27)/t14-/m1/s1. The SMILES string of the molecule is CCOC(=O)[C@@H]1CCCN(Cc2ccc3c(NC(=O)c4ccoc4)c(C(=O)OC)sc3n2)C1. The first-order valence-corrected chi connectivity index (χ1v) is 11.5. The van der Waals surface area contributed by atoms with Crippen LogP contribution in [0, 0.1) is 5.92 Å². The number of aromatic nitrogens is 1.